The van der Waals surface area contributed by atoms with Crippen LogP contribution in [0.4, 0.5) is 5.82 Å². The van der Waals surface area contributed by atoms with Crippen LogP contribution >= 0.6 is 0 Å². The van der Waals surface area contributed by atoms with Crippen molar-refractivity contribution in [2.24, 2.45) is 0 Å². The molecule has 0 aliphatic heterocycles. The van der Waals surface area contributed by atoms with Crippen molar-refractivity contribution < 1.29 is 4.79 Å². The van der Waals surface area contributed by atoms with Gasteiger partial charge in [-0.3, -0.25) is 9.89 Å². The average molecular weight is 260 g/mol. The van der Waals surface area contributed by atoms with Gasteiger partial charge in [0.15, 0.2) is 0 Å². The quantitative estimate of drug-likeness (QED) is 0.736. The Hall–Kier alpha value is -2.44. The number of anilines is 1. The minimum absolute atomic E-state index is 0.162. The van der Waals surface area contributed by atoms with E-state index in [0.29, 0.717) is 23.8 Å². The molecule has 3 N–H and O–H groups in total. The zero-order valence-corrected chi connectivity index (χ0v) is 10.9. The van der Waals surface area contributed by atoms with Crippen molar-refractivity contribution in [1.29, 1.82) is 0 Å². The molecule has 2 heterocycles. The molecule has 0 spiro atoms. The lowest BCUT2D eigenvalue weighted by molar-refractivity contribution is 0.0949. The summed E-state index contributed by atoms with van der Waals surface area (Å²) in [5.74, 6) is 1.14. The van der Waals surface area contributed by atoms with Crippen LogP contribution in [0.15, 0.2) is 18.5 Å². The van der Waals surface area contributed by atoms with Gasteiger partial charge in [0.05, 0.1) is 6.54 Å². The highest BCUT2D eigenvalue weighted by atomic mass is 16.1. The molecule has 0 radical (unpaired) electrons. The van der Waals surface area contributed by atoms with E-state index in [0.717, 1.165) is 12.1 Å². The normalized spacial score (nSPS) is 10.2. The van der Waals surface area contributed by atoms with Crippen LogP contribution in [-0.2, 0) is 13.0 Å². The molecule has 1 amide bonds. The minimum Gasteiger partial charge on any atom is -0.373 e. The van der Waals surface area contributed by atoms with E-state index in [1.54, 1.807) is 19.2 Å². The predicted molar refractivity (Wildman–Crippen MR) is 70.7 cm³/mol. The second kappa shape index (κ2) is 5.94. The van der Waals surface area contributed by atoms with E-state index in [1.807, 2.05) is 6.92 Å². The molecule has 0 aliphatic rings. The molecule has 0 bridgehead atoms. The number of nitrogens with zero attached hydrogens (tertiary/aromatic N) is 3. The molecular formula is C12H16N6O. The number of amides is 1. The van der Waals surface area contributed by atoms with Crippen molar-refractivity contribution in [3.63, 3.8) is 0 Å². The molecule has 0 atom stereocenters. The van der Waals surface area contributed by atoms with Gasteiger partial charge < -0.3 is 10.6 Å². The zero-order chi connectivity index (χ0) is 13.7. The lowest BCUT2D eigenvalue weighted by atomic mass is 10.2. The van der Waals surface area contributed by atoms with Crippen molar-refractivity contribution in [3.05, 3.63) is 35.5 Å². The molecule has 7 heteroatoms. The van der Waals surface area contributed by atoms with Gasteiger partial charge in [0.25, 0.3) is 5.91 Å². The summed E-state index contributed by atoms with van der Waals surface area (Å²) >= 11 is 0. The van der Waals surface area contributed by atoms with Crippen LogP contribution in [0.3, 0.4) is 0 Å². The predicted octanol–water partition coefficient (Wildman–Crippen LogP) is 0.734. The van der Waals surface area contributed by atoms with Gasteiger partial charge in [-0.1, -0.05) is 6.92 Å². The lowest BCUT2D eigenvalue weighted by Crippen LogP contribution is -2.24. The third-order valence-corrected chi connectivity index (χ3v) is 2.64. The van der Waals surface area contributed by atoms with E-state index in [4.69, 9.17) is 0 Å². The van der Waals surface area contributed by atoms with Crippen molar-refractivity contribution in [2.75, 3.05) is 12.4 Å². The summed E-state index contributed by atoms with van der Waals surface area (Å²) < 4.78 is 0. The number of aromatic nitrogens is 4. The number of carbonyl (C=O) groups excluding carboxylic acids is 1. The molecule has 2 rings (SSSR count). The van der Waals surface area contributed by atoms with Gasteiger partial charge in [-0.05, 0) is 18.6 Å². The Morgan fingerprint density at radius 3 is 2.89 bits per heavy atom. The summed E-state index contributed by atoms with van der Waals surface area (Å²) in [6.07, 6.45) is 2.18. The molecular weight excluding hydrogens is 244 g/mol. The van der Waals surface area contributed by atoms with Crippen LogP contribution < -0.4 is 10.6 Å². The molecule has 100 valence electrons. The number of aryl methyl sites for hydroxylation is 1. The maximum Gasteiger partial charge on any atom is 0.251 e. The van der Waals surface area contributed by atoms with Gasteiger partial charge in [0.2, 0.25) is 0 Å². The fraction of sp³-hybridized carbons (Fsp3) is 0.333. The summed E-state index contributed by atoms with van der Waals surface area (Å²) in [5, 5.41) is 12.1. The zero-order valence-electron chi connectivity index (χ0n) is 10.9. The first-order valence-electron chi connectivity index (χ1n) is 6.04. The van der Waals surface area contributed by atoms with Gasteiger partial charge in [-0.25, -0.2) is 9.97 Å². The van der Waals surface area contributed by atoms with Crippen LogP contribution in [0.5, 0.6) is 0 Å². The average Bonchev–Trinajstić information content (AvgIpc) is 2.97. The number of pyridine rings is 1. The van der Waals surface area contributed by atoms with E-state index < -0.39 is 0 Å². The summed E-state index contributed by atoms with van der Waals surface area (Å²) in [6, 6.07) is 3.51. The second-order valence-electron chi connectivity index (χ2n) is 3.95. The molecule has 0 aromatic carbocycles. The molecule has 0 aliphatic carbocycles. The van der Waals surface area contributed by atoms with E-state index >= 15 is 0 Å². The number of nitrogens with one attached hydrogen (secondary N) is 3. The van der Waals surface area contributed by atoms with Crippen molar-refractivity contribution >= 4 is 11.7 Å². The second-order valence-corrected chi connectivity index (χ2v) is 3.95. The third-order valence-electron chi connectivity index (χ3n) is 2.64. The Morgan fingerprint density at radius 2 is 2.26 bits per heavy atom. The first-order valence-corrected chi connectivity index (χ1v) is 6.04. The molecule has 2 aromatic rings. The highest BCUT2D eigenvalue weighted by Gasteiger charge is 2.09. The fourth-order valence-corrected chi connectivity index (χ4v) is 1.61. The number of carbonyl (C=O) groups is 1. The van der Waals surface area contributed by atoms with E-state index in [1.165, 1.54) is 6.33 Å². The number of H-pyrrole nitrogens is 1. The standard InChI is InChI=1S/C12H16N6O/c1-3-9-4-8(5-10(13-2)17-9)12(19)14-6-11-15-7-16-18-11/h4-5,7H,3,6H2,1-2H3,(H,13,17)(H,14,19)(H,15,16,18). The van der Waals surface area contributed by atoms with Crippen LogP contribution in [0.1, 0.15) is 28.8 Å². The Balaban J connectivity index is 2.09. The smallest absolute Gasteiger partial charge is 0.251 e. The van der Waals surface area contributed by atoms with E-state index in [9.17, 15) is 4.79 Å². The summed E-state index contributed by atoms with van der Waals surface area (Å²) in [4.78, 5) is 20.3. The van der Waals surface area contributed by atoms with Crippen LogP contribution in [-0.4, -0.2) is 33.1 Å². The van der Waals surface area contributed by atoms with Gasteiger partial charge in [-0.15, -0.1) is 0 Å². The van der Waals surface area contributed by atoms with Gasteiger partial charge in [0, 0.05) is 18.3 Å². The molecule has 0 unspecified atom stereocenters. The van der Waals surface area contributed by atoms with Gasteiger partial charge >= 0.3 is 0 Å². The number of hydrogen-bond donors (Lipinski definition) is 3. The van der Waals surface area contributed by atoms with Crippen LogP contribution in [0, 0.1) is 0 Å². The first-order chi connectivity index (χ1) is 9.22. The van der Waals surface area contributed by atoms with Crippen molar-refractivity contribution in [3.8, 4) is 0 Å². The first kappa shape index (κ1) is 13.0. The Morgan fingerprint density at radius 1 is 1.42 bits per heavy atom. The number of hydrogen-bond acceptors (Lipinski definition) is 5. The summed E-state index contributed by atoms with van der Waals surface area (Å²) in [6.45, 7) is 2.31. The minimum atomic E-state index is -0.162. The summed E-state index contributed by atoms with van der Waals surface area (Å²) in [5.41, 5.74) is 1.45. The lowest BCUT2D eigenvalue weighted by Gasteiger charge is -2.07. The Kier molecular flexibility index (Phi) is 4.07. The number of aromatic amines is 1. The largest absolute Gasteiger partial charge is 0.373 e. The SMILES string of the molecule is CCc1cc(C(=O)NCc2ncn[nH]2)cc(NC)n1. The molecule has 0 fully saturated rings. The maximum atomic E-state index is 12.0. The third kappa shape index (κ3) is 3.27. The van der Waals surface area contributed by atoms with Crippen molar-refractivity contribution in [1.82, 2.24) is 25.5 Å². The van der Waals surface area contributed by atoms with E-state index in [2.05, 4.69) is 30.8 Å². The maximum absolute atomic E-state index is 12.0. The molecule has 2 aromatic heterocycles. The fourth-order valence-electron chi connectivity index (χ4n) is 1.61. The summed E-state index contributed by atoms with van der Waals surface area (Å²) in [7, 11) is 1.78. The molecule has 0 saturated carbocycles. The van der Waals surface area contributed by atoms with E-state index in [-0.39, 0.29) is 5.91 Å². The molecule has 0 saturated heterocycles. The highest BCUT2D eigenvalue weighted by molar-refractivity contribution is 5.94. The molecule has 7 nitrogen and oxygen atoms in total. The van der Waals surface area contributed by atoms with Crippen LogP contribution in [0.2, 0.25) is 0 Å². The highest BCUT2D eigenvalue weighted by Crippen LogP contribution is 2.10. The van der Waals surface area contributed by atoms with Crippen LogP contribution in [0.25, 0.3) is 0 Å². The van der Waals surface area contributed by atoms with Crippen molar-refractivity contribution in [2.45, 2.75) is 19.9 Å². The van der Waals surface area contributed by atoms with Gasteiger partial charge in [0.1, 0.15) is 18.0 Å². The Bertz CT molecular complexity index is 529. The monoisotopic (exact) mass is 260 g/mol. The Labute approximate surface area is 110 Å². The topological polar surface area (TPSA) is 95.6 Å². The number of rotatable bonds is 5. The van der Waals surface area contributed by atoms with Gasteiger partial charge in [-0.2, -0.15) is 5.10 Å². The molecule has 19 heavy (non-hydrogen) atoms.